The van der Waals surface area contributed by atoms with Crippen molar-refractivity contribution in [2.45, 2.75) is 0 Å². The molecule has 2 N–H and O–H groups in total. The number of anilines is 1. The minimum atomic E-state index is -1.04. The Hall–Kier alpha value is -2.99. The lowest BCUT2D eigenvalue weighted by molar-refractivity contribution is 0.0702. The van der Waals surface area contributed by atoms with Gasteiger partial charge in [-0.05, 0) is 18.2 Å². The van der Waals surface area contributed by atoms with Crippen LogP contribution < -0.4 is 5.32 Å². The third-order valence-electron chi connectivity index (χ3n) is 3.23. The first-order valence-electron chi connectivity index (χ1n) is 6.79. The van der Waals surface area contributed by atoms with E-state index in [1.807, 2.05) is 6.07 Å². The smallest absolute Gasteiger partial charge is 0.348 e. The minimum absolute atomic E-state index is 0.145. The fraction of sp³-hybridized carbons (Fsp3) is 0. The third kappa shape index (κ3) is 3.12. The lowest BCUT2D eigenvalue weighted by atomic mass is 10.1. The van der Waals surface area contributed by atoms with E-state index in [4.69, 9.17) is 0 Å². The molecule has 114 valence electrons. The Morgan fingerprint density at radius 1 is 1.00 bits per heavy atom. The van der Waals surface area contributed by atoms with Crippen LogP contribution in [-0.2, 0) is 0 Å². The zero-order valence-corrected chi connectivity index (χ0v) is 12.7. The first-order valence-corrected chi connectivity index (χ1v) is 7.67. The van der Waals surface area contributed by atoms with Crippen LogP contribution in [0, 0.1) is 0 Å². The highest BCUT2D eigenvalue weighted by atomic mass is 32.1. The van der Waals surface area contributed by atoms with Gasteiger partial charge in [-0.25, -0.2) is 9.78 Å². The number of nitrogens with one attached hydrogen (secondary N) is 1. The standard InChI is InChI=1S/C17H12N2O3S/c20-16(11-6-2-1-3-7-11)19-13-9-5-4-8-12(13)14-15(17(21)22)23-10-18-14/h1-10H,(H,19,20)(H,21,22). The second-order valence-electron chi connectivity index (χ2n) is 4.70. The van der Waals surface area contributed by atoms with Gasteiger partial charge in [0.1, 0.15) is 4.88 Å². The molecule has 0 aliphatic heterocycles. The molecular weight excluding hydrogens is 312 g/mol. The second-order valence-corrected chi connectivity index (χ2v) is 5.56. The van der Waals surface area contributed by atoms with Gasteiger partial charge >= 0.3 is 5.97 Å². The molecule has 0 saturated carbocycles. The molecule has 0 spiro atoms. The Morgan fingerprint density at radius 3 is 2.43 bits per heavy atom. The summed E-state index contributed by atoms with van der Waals surface area (Å²) < 4.78 is 0. The van der Waals surface area contributed by atoms with Crippen LogP contribution in [0.4, 0.5) is 5.69 Å². The van der Waals surface area contributed by atoms with Crippen molar-refractivity contribution in [3.63, 3.8) is 0 Å². The lowest BCUT2D eigenvalue weighted by Crippen LogP contribution is -2.12. The Morgan fingerprint density at radius 2 is 1.70 bits per heavy atom. The largest absolute Gasteiger partial charge is 0.477 e. The van der Waals surface area contributed by atoms with Crippen molar-refractivity contribution >= 4 is 28.9 Å². The average Bonchev–Trinajstić information content (AvgIpc) is 3.06. The van der Waals surface area contributed by atoms with Gasteiger partial charge in [0.15, 0.2) is 0 Å². The number of benzene rings is 2. The van der Waals surface area contributed by atoms with E-state index in [9.17, 15) is 14.7 Å². The summed E-state index contributed by atoms with van der Waals surface area (Å²) in [5.41, 5.74) is 3.46. The molecule has 0 saturated heterocycles. The molecule has 23 heavy (non-hydrogen) atoms. The molecule has 0 bridgehead atoms. The number of carboxylic acids is 1. The van der Waals surface area contributed by atoms with Gasteiger partial charge in [-0.3, -0.25) is 4.79 Å². The zero-order valence-electron chi connectivity index (χ0n) is 11.9. The monoisotopic (exact) mass is 324 g/mol. The van der Waals surface area contributed by atoms with Gasteiger partial charge in [-0.15, -0.1) is 11.3 Å². The highest BCUT2D eigenvalue weighted by Crippen LogP contribution is 2.31. The molecule has 3 aromatic rings. The van der Waals surface area contributed by atoms with Gasteiger partial charge in [-0.1, -0.05) is 36.4 Å². The molecule has 0 aliphatic rings. The van der Waals surface area contributed by atoms with E-state index in [1.54, 1.807) is 48.5 Å². The number of carbonyl (C=O) groups excluding carboxylic acids is 1. The van der Waals surface area contributed by atoms with Crippen LogP contribution >= 0.6 is 11.3 Å². The molecule has 0 fully saturated rings. The number of nitrogens with zero attached hydrogens (tertiary/aromatic N) is 1. The maximum absolute atomic E-state index is 12.3. The molecule has 6 heteroatoms. The maximum atomic E-state index is 12.3. The SMILES string of the molecule is O=C(Nc1ccccc1-c1ncsc1C(=O)O)c1ccccc1. The summed E-state index contributed by atoms with van der Waals surface area (Å²) in [6.45, 7) is 0. The number of hydrogen-bond donors (Lipinski definition) is 2. The van der Waals surface area contributed by atoms with Gasteiger partial charge in [0, 0.05) is 11.1 Å². The molecule has 1 aromatic heterocycles. The predicted molar refractivity (Wildman–Crippen MR) is 88.9 cm³/mol. The number of rotatable bonds is 4. The Labute approximate surface area is 136 Å². The van der Waals surface area contributed by atoms with Crippen molar-refractivity contribution < 1.29 is 14.7 Å². The van der Waals surface area contributed by atoms with Gasteiger partial charge in [0.05, 0.1) is 16.9 Å². The van der Waals surface area contributed by atoms with Crippen LogP contribution in [0.25, 0.3) is 11.3 Å². The highest BCUT2D eigenvalue weighted by Gasteiger charge is 2.18. The van der Waals surface area contributed by atoms with E-state index in [0.717, 1.165) is 11.3 Å². The summed E-state index contributed by atoms with van der Waals surface area (Å²) >= 11 is 1.05. The summed E-state index contributed by atoms with van der Waals surface area (Å²) in [7, 11) is 0. The molecule has 0 unspecified atom stereocenters. The third-order valence-corrected chi connectivity index (χ3v) is 4.04. The van der Waals surface area contributed by atoms with Crippen LogP contribution in [-0.4, -0.2) is 22.0 Å². The highest BCUT2D eigenvalue weighted by molar-refractivity contribution is 7.12. The van der Waals surface area contributed by atoms with E-state index in [-0.39, 0.29) is 10.8 Å². The van der Waals surface area contributed by atoms with E-state index >= 15 is 0 Å². The fourth-order valence-corrected chi connectivity index (χ4v) is 2.81. The van der Waals surface area contributed by atoms with Gasteiger partial charge in [0.2, 0.25) is 0 Å². The van der Waals surface area contributed by atoms with Crippen molar-refractivity contribution in [3.05, 3.63) is 70.5 Å². The first kappa shape index (κ1) is 14.9. The maximum Gasteiger partial charge on any atom is 0.348 e. The van der Waals surface area contributed by atoms with Crippen molar-refractivity contribution in [2.24, 2.45) is 0 Å². The molecule has 3 rings (SSSR count). The second kappa shape index (κ2) is 6.41. The summed E-state index contributed by atoms with van der Waals surface area (Å²) in [5, 5.41) is 12.1. The number of para-hydroxylation sites is 1. The van der Waals surface area contributed by atoms with Crippen LogP contribution in [0.1, 0.15) is 20.0 Å². The van der Waals surface area contributed by atoms with Crippen molar-refractivity contribution in [1.29, 1.82) is 0 Å². The number of thiazole rings is 1. The molecule has 1 heterocycles. The quantitative estimate of drug-likeness (QED) is 0.766. The van der Waals surface area contributed by atoms with E-state index in [0.29, 0.717) is 22.5 Å². The molecule has 5 nitrogen and oxygen atoms in total. The van der Waals surface area contributed by atoms with Gasteiger partial charge in [0.25, 0.3) is 5.91 Å². The molecule has 0 radical (unpaired) electrons. The molecule has 0 aliphatic carbocycles. The molecule has 1 amide bonds. The van der Waals surface area contributed by atoms with Crippen LogP contribution in [0.2, 0.25) is 0 Å². The van der Waals surface area contributed by atoms with E-state index < -0.39 is 5.97 Å². The Bertz CT molecular complexity index is 859. The number of aromatic nitrogens is 1. The van der Waals surface area contributed by atoms with E-state index in [1.165, 1.54) is 5.51 Å². The number of hydrogen-bond acceptors (Lipinski definition) is 4. The molecule has 2 aromatic carbocycles. The van der Waals surface area contributed by atoms with E-state index in [2.05, 4.69) is 10.3 Å². The number of carboxylic acid groups (broad SMARTS) is 1. The van der Waals surface area contributed by atoms with Crippen molar-refractivity contribution in [1.82, 2.24) is 4.98 Å². The summed E-state index contributed by atoms with van der Waals surface area (Å²) in [4.78, 5) is 27.9. The Balaban J connectivity index is 1.97. The van der Waals surface area contributed by atoms with Gasteiger partial charge in [-0.2, -0.15) is 0 Å². The normalized spacial score (nSPS) is 10.3. The van der Waals surface area contributed by atoms with Crippen molar-refractivity contribution in [2.75, 3.05) is 5.32 Å². The van der Waals surface area contributed by atoms with Crippen LogP contribution in [0.3, 0.4) is 0 Å². The first-order chi connectivity index (χ1) is 11.2. The molecular formula is C17H12N2O3S. The molecule has 0 atom stereocenters. The topological polar surface area (TPSA) is 79.3 Å². The van der Waals surface area contributed by atoms with Crippen molar-refractivity contribution in [3.8, 4) is 11.3 Å². The van der Waals surface area contributed by atoms with Crippen LogP contribution in [0.15, 0.2) is 60.1 Å². The fourth-order valence-electron chi connectivity index (χ4n) is 2.17. The summed E-state index contributed by atoms with van der Waals surface area (Å²) in [5.74, 6) is -1.29. The number of carbonyl (C=O) groups is 2. The number of amides is 1. The van der Waals surface area contributed by atoms with Gasteiger partial charge < -0.3 is 10.4 Å². The summed E-state index contributed by atoms with van der Waals surface area (Å²) in [6, 6.07) is 15.8. The zero-order chi connectivity index (χ0) is 16.2. The summed E-state index contributed by atoms with van der Waals surface area (Å²) in [6.07, 6.45) is 0. The predicted octanol–water partition coefficient (Wildman–Crippen LogP) is 3.76. The lowest BCUT2D eigenvalue weighted by Gasteiger charge is -2.10. The number of aromatic carboxylic acids is 1. The van der Waals surface area contributed by atoms with Crippen LogP contribution in [0.5, 0.6) is 0 Å². The Kier molecular flexibility index (Phi) is 4.16. The average molecular weight is 324 g/mol. The minimum Gasteiger partial charge on any atom is -0.477 e.